The van der Waals surface area contributed by atoms with E-state index in [0.717, 1.165) is 50.1 Å². The number of hydrogen-bond acceptors (Lipinski definition) is 2. The van der Waals surface area contributed by atoms with Gasteiger partial charge in [0.25, 0.3) is 0 Å². The molecule has 0 aliphatic heterocycles. The van der Waals surface area contributed by atoms with E-state index in [1.54, 1.807) is 0 Å². The lowest BCUT2D eigenvalue weighted by molar-refractivity contribution is 0.669. The number of aromatic nitrogens is 1. The third kappa shape index (κ3) is 5.20. The highest BCUT2D eigenvalue weighted by atomic mass is 16.3. The molecule has 2 aromatic heterocycles. The van der Waals surface area contributed by atoms with Crippen molar-refractivity contribution in [1.82, 2.24) is 4.57 Å². The molecule has 2 heterocycles. The highest BCUT2D eigenvalue weighted by Gasteiger charge is 2.18. The normalized spacial score (nSPS) is 11.6. The van der Waals surface area contributed by atoms with Gasteiger partial charge in [0, 0.05) is 50.1 Å². The molecule has 0 aliphatic carbocycles. The van der Waals surface area contributed by atoms with Crippen molar-refractivity contribution >= 4 is 71.6 Å². The number of fused-ring (bicyclic) bond motifs is 7. The molecule has 3 heteroatoms. The molecule has 258 valence electrons. The van der Waals surface area contributed by atoms with Crippen LogP contribution in [0.25, 0.3) is 82.5 Å². The summed E-state index contributed by atoms with van der Waals surface area (Å²) >= 11 is 0. The fraction of sp³-hybridized carbons (Fsp3) is 0. The van der Waals surface area contributed by atoms with E-state index in [-0.39, 0.29) is 0 Å². The number of para-hydroxylation sites is 2. The largest absolute Gasteiger partial charge is 0.456 e. The van der Waals surface area contributed by atoms with E-state index in [1.807, 2.05) is 12.1 Å². The van der Waals surface area contributed by atoms with Gasteiger partial charge >= 0.3 is 0 Å². The Morgan fingerprint density at radius 2 is 0.909 bits per heavy atom. The van der Waals surface area contributed by atoms with Crippen LogP contribution in [-0.2, 0) is 0 Å². The second kappa shape index (κ2) is 12.6. The predicted molar refractivity (Wildman–Crippen MR) is 231 cm³/mol. The summed E-state index contributed by atoms with van der Waals surface area (Å²) in [5, 5.41) is 7.19. The van der Waals surface area contributed by atoms with Crippen molar-refractivity contribution in [3.05, 3.63) is 206 Å². The molecule has 0 spiro atoms. The Morgan fingerprint density at radius 1 is 0.327 bits per heavy atom. The zero-order valence-corrected chi connectivity index (χ0v) is 29.9. The van der Waals surface area contributed by atoms with Gasteiger partial charge in [-0.15, -0.1) is 0 Å². The molecule has 0 aliphatic rings. The topological polar surface area (TPSA) is 21.3 Å². The molecule has 0 unspecified atom stereocenters. The second-order valence-electron chi connectivity index (χ2n) is 14.2. The minimum Gasteiger partial charge on any atom is -0.456 e. The van der Waals surface area contributed by atoms with Gasteiger partial charge in [0.05, 0.1) is 16.7 Å². The van der Waals surface area contributed by atoms with Crippen LogP contribution in [0, 0.1) is 0 Å². The Hall–Kier alpha value is -7.36. The van der Waals surface area contributed by atoms with Crippen molar-refractivity contribution in [3.63, 3.8) is 0 Å². The molecule has 0 fully saturated rings. The van der Waals surface area contributed by atoms with E-state index in [9.17, 15) is 0 Å². The quantitative estimate of drug-likeness (QED) is 0.172. The molecule has 0 bridgehead atoms. The fourth-order valence-corrected chi connectivity index (χ4v) is 8.37. The Morgan fingerprint density at radius 3 is 1.80 bits per heavy atom. The van der Waals surface area contributed by atoms with Crippen molar-refractivity contribution in [2.75, 3.05) is 4.90 Å². The summed E-state index contributed by atoms with van der Waals surface area (Å²) in [6.07, 6.45) is 0. The molecule has 55 heavy (non-hydrogen) atoms. The van der Waals surface area contributed by atoms with Crippen LogP contribution in [0.3, 0.4) is 0 Å². The summed E-state index contributed by atoms with van der Waals surface area (Å²) in [4.78, 5) is 2.33. The average molecular weight is 703 g/mol. The van der Waals surface area contributed by atoms with E-state index < -0.39 is 0 Å². The maximum atomic E-state index is 6.40. The lowest BCUT2D eigenvalue weighted by Gasteiger charge is -2.26. The third-order valence-corrected chi connectivity index (χ3v) is 11.0. The number of anilines is 3. The Labute approximate surface area is 318 Å². The number of benzene rings is 9. The van der Waals surface area contributed by atoms with Crippen molar-refractivity contribution in [3.8, 4) is 27.9 Å². The van der Waals surface area contributed by atoms with Crippen LogP contribution in [0.5, 0.6) is 0 Å². The summed E-state index contributed by atoms with van der Waals surface area (Å²) in [6.45, 7) is 0. The van der Waals surface area contributed by atoms with Gasteiger partial charge in [0.2, 0.25) is 0 Å². The number of rotatable bonds is 6. The molecule has 11 aromatic rings. The minimum absolute atomic E-state index is 0.868. The van der Waals surface area contributed by atoms with Crippen LogP contribution in [0.2, 0.25) is 0 Å². The van der Waals surface area contributed by atoms with Crippen LogP contribution in [0.1, 0.15) is 0 Å². The summed E-state index contributed by atoms with van der Waals surface area (Å²) < 4.78 is 8.83. The van der Waals surface area contributed by atoms with Crippen LogP contribution in [0.15, 0.2) is 211 Å². The SMILES string of the molecule is c1ccc(-c2ccc(N(c3cccc(-c4ccc5c6ccccc6n(-c6cccc7ccccc67)c5c4)c3)c3ccc4c(c3)oc3ccccc34)cc2)cc1. The molecule has 11 rings (SSSR count). The van der Waals surface area contributed by atoms with Gasteiger partial charge in [-0.3, -0.25) is 0 Å². The summed E-state index contributed by atoms with van der Waals surface area (Å²) in [6, 6.07) is 74.0. The minimum atomic E-state index is 0.868. The standard InChI is InChI=1S/C52H34N2O/c1-2-12-35(13-3-1)36-24-27-40(28-25-36)53(42-29-31-47-46-20-7-9-23-51(46)55-52(47)34-42)41-17-10-16-38(32-41)39-26-30-45-44-19-6-8-21-49(44)54(50(45)33-39)48-22-11-15-37-14-4-5-18-43(37)48/h1-34H. The third-order valence-electron chi connectivity index (χ3n) is 11.0. The van der Waals surface area contributed by atoms with Crippen molar-refractivity contribution in [2.24, 2.45) is 0 Å². The zero-order chi connectivity index (χ0) is 36.3. The van der Waals surface area contributed by atoms with Gasteiger partial charge in [0.1, 0.15) is 11.2 Å². The molecule has 0 saturated carbocycles. The Kier molecular flexibility index (Phi) is 7.17. The molecule has 9 aromatic carbocycles. The molecule has 3 nitrogen and oxygen atoms in total. The Balaban J connectivity index is 1.08. The van der Waals surface area contributed by atoms with E-state index in [1.165, 1.54) is 49.4 Å². The van der Waals surface area contributed by atoms with Crippen LogP contribution in [-0.4, -0.2) is 4.57 Å². The zero-order valence-electron chi connectivity index (χ0n) is 29.9. The van der Waals surface area contributed by atoms with Gasteiger partial charge in [0.15, 0.2) is 0 Å². The van der Waals surface area contributed by atoms with E-state index in [4.69, 9.17) is 4.42 Å². The molecule has 0 N–H and O–H groups in total. The summed E-state index contributed by atoms with van der Waals surface area (Å²) in [5.41, 5.74) is 13.2. The lowest BCUT2D eigenvalue weighted by Crippen LogP contribution is -2.10. The molecule has 0 amide bonds. The van der Waals surface area contributed by atoms with Crippen molar-refractivity contribution < 1.29 is 4.42 Å². The molecular formula is C52H34N2O. The van der Waals surface area contributed by atoms with Gasteiger partial charge < -0.3 is 13.9 Å². The van der Waals surface area contributed by atoms with Gasteiger partial charge in [-0.05, 0) is 88.3 Å². The first kappa shape index (κ1) is 31.2. The first-order valence-electron chi connectivity index (χ1n) is 18.8. The van der Waals surface area contributed by atoms with Gasteiger partial charge in [-0.25, -0.2) is 0 Å². The van der Waals surface area contributed by atoms with Crippen LogP contribution in [0.4, 0.5) is 17.1 Å². The first-order chi connectivity index (χ1) is 27.3. The molecule has 0 atom stereocenters. The van der Waals surface area contributed by atoms with E-state index >= 15 is 0 Å². The van der Waals surface area contributed by atoms with Crippen molar-refractivity contribution in [1.29, 1.82) is 0 Å². The van der Waals surface area contributed by atoms with Gasteiger partial charge in [-0.2, -0.15) is 0 Å². The first-order valence-corrected chi connectivity index (χ1v) is 18.8. The highest BCUT2D eigenvalue weighted by molar-refractivity contribution is 6.11. The Bertz CT molecular complexity index is 3200. The lowest BCUT2D eigenvalue weighted by atomic mass is 10.0. The fourth-order valence-electron chi connectivity index (χ4n) is 8.37. The number of nitrogens with zero attached hydrogens (tertiary/aromatic N) is 2. The monoisotopic (exact) mass is 702 g/mol. The second-order valence-corrected chi connectivity index (χ2v) is 14.2. The maximum Gasteiger partial charge on any atom is 0.137 e. The summed E-state index contributed by atoms with van der Waals surface area (Å²) in [5.74, 6) is 0. The summed E-state index contributed by atoms with van der Waals surface area (Å²) in [7, 11) is 0. The van der Waals surface area contributed by atoms with Crippen LogP contribution < -0.4 is 4.90 Å². The highest BCUT2D eigenvalue weighted by Crippen LogP contribution is 2.42. The molecular weight excluding hydrogens is 669 g/mol. The average Bonchev–Trinajstić information content (AvgIpc) is 3.79. The maximum absolute atomic E-state index is 6.40. The number of furan rings is 1. The van der Waals surface area contributed by atoms with E-state index in [0.29, 0.717) is 0 Å². The van der Waals surface area contributed by atoms with Crippen molar-refractivity contribution in [2.45, 2.75) is 0 Å². The van der Waals surface area contributed by atoms with Gasteiger partial charge in [-0.1, -0.05) is 140 Å². The molecule has 0 radical (unpaired) electrons. The smallest absolute Gasteiger partial charge is 0.137 e. The van der Waals surface area contributed by atoms with Crippen LogP contribution >= 0.6 is 0 Å². The van der Waals surface area contributed by atoms with E-state index in [2.05, 4.69) is 204 Å². The number of hydrogen-bond donors (Lipinski definition) is 0. The predicted octanol–water partition coefficient (Wildman–Crippen LogP) is 14.6. The molecule has 0 saturated heterocycles.